The van der Waals surface area contributed by atoms with Gasteiger partial charge >= 0.3 is 0 Å². The van der Waals surface area contributed by atoms with E-state index < -0.39 is 0 Å². The van der Waals surface area contributed by atoms with Gasteiger partial charge in [-0.25, -0.2) is 4.68 Å². The number of anilines is 1. The number of hydrogen-bond acceptors (Lipinski definition) is 3. The van der Waals surface area contributed by atoms with Gasteiger partial charge in [0.05, 0.1) is 22.8 Å². The van der Waals surface area contributed by atoms with Crippen LogP contribution in [0.25, 0.3) is 16.9 Å². The fourth-order valence-corrected chi connectivity index (χ4v) is 3.71. The lowest BCUT2D eigenvalue weighted by Crippen LogP contribution is -2.04. The fraction of sp³-hybridized carbons (Fsp3) is 0.167. The topological polar surface area (TPSA) is 39.1 Å². The molecule has 0 fully saturated rings. The molecule has 1 aliphatic rings. The highest BCUT2D eigenvalue weighted by Gasteiger charge is 2.26. The van der Waals surface area contributed by atoms with Gasteiger partial charge < -0.3 is 10.1 Å². The van der Waals surface area contributed by atoms with Crippen LogP contribution < -0.4 is 10.1 Å². The summed E-state index contributed by atoms with van der Waals surface area (Å²) >= 11 is 15.8. The van der Waals surface area contributed by atoms with Crippen LogP contribution in [-0.4, -0.2) is 23.4 Å². The number of nitrogens with zero attached hydrogens (tertiary/aromatic N) is 2. The van der Waals surface area contributed by atoms with Crippen molar-refractivity contribution < 1.29 is 4.74 Å². The number of fused-ring (bicyclic) bond motifs is 1. The van der Waals surface area contributed by atoms with Crippen molar-refractivity contribution in [1.29, 1.82) is 0 Å². The molecular formula is C18H14BrCl2N3O. The van der Waals surface area contributed by atoms with Crippen molar-refractivity contribution in [2.45, 2.75) is 6.42 Å². The second-order valence-corrected chi connectivity index (χ2v) is 7.44. The molecule has 2 aromatic carbocycles. The molecule has 2 heterocycles. The fourth-order valence-electron chi connectivity index (χ4n) is 3.06. The van der Waals surface area contributed by atoms with Crippen LogP contribution in [0.4, 0.5) is 5.82 Å². The summed E-state index contributed by atoms with van der Waals surface area (Å²) in [6.07, 6.45) is 0.904. The van der Waals surface area contributed by atoms with Gasteiger partial charge in [-0.05, 0) is 42.8 Å². The average molecular weight is 439 g/mol. The largest absolute Gasteiger partial charge is 0.496 e. The molecule has 7 heteroatoms. The smallest absolute Gasteiger partial charge is 0.133 e. The Morgan fingerprint density at radius 2 is 2.00 bits per heavy atom. The molecule has 3 aromatic rings. The van der Waals surface area contributed by atoms with Gasteiger partial charge in [-0.2, -0.15) is 5.10 Å². The van der Waals surface area contributed by atoms with Gasteiger partial charge in [-0.1, -0.05) is 39.1 Å². The van der Waals surface area contributed by atoms with Gasteiger partial charge in [-0.15, -0.1) is 0 Å². The number of ether oxygens (including phenoxy) is 1. The monoisotopic (exact) mass is 437 g/mol. The molecule has 0 spiro atoms. The van der Waals surface area contributed by atoms with Crippen molar-refractivity contribution >= 4 is 44.9 Å². The average Bonchev–Trinajstić information content (AvgIpc) is 3.20. The van der Waals surface area contributed by atoms with Crippen LogP contribution >= 0.6 is 39.1 Å². The lowest BCUT2D eigenvalue weighted by molar-refractivity contribution is 0.416. The van der Waals surface area contributed by atoms with Crippen molar-refractivity contribution in [3.8, 4) is 22.7 Å². The molecule has 0 atom stereocenters. The van der Waals surface area contributed by atoms with Crippen LogP contribution in [0.2, 0.25) is 10.0 Å². The third kappa shape index (κ3) is 2.90. The lowest BCUT2D eigenvalue weighted by Gasteiger charge is -2.09. The maximum atomic E-state index is 6.19. The Balaban J connectivity index is 1.92. The lowest BCUT2D eigenvalue weighted by atomic mass is 10.1. The third-order valence-corrected chi connectivity index (χ3v) is 5.45. The number of methoxy groups -OCH3 is 1. The molecule has 1 aliphatic heterocycles. The zero-order valence-electron chi connectivity index (χ0n) is 13.3. The number of halogens is 3. The Morgan fingerprint density at radius 1 is 1.16 bits per heavy atom. The summed E-state index contributed by atoms with van der Waals surface area (Å²) in [5.74, 6) is 1.77. The predicted molar refractivity (Wildman–Crippen MR) is 105 cm³/mol. The van der Waals surface area contributed by atoms with Crippen LogP contribution in [-0.2, 0) is 6.42 Å². The van der Waals surface area contributed by atoms with Crippen LogP contribution in [0, 0.1) is 0 Å². The van der Waals surface area contributed by atoms with Crippen LogP contribution in [0.1, 0.15) is 5.56 Å². The first-order chi connectivity index (χ1) is 12.1. The molecule has 1 N–H and O–H groups in total. The van der Waals surface area contributed by atoms with Crippen LogP contribution in [0.15, 0.2) is 40.9 Å². The molecular weight excluding hydrogens is 425 g/mol. The van der Waals surface area contributed by atoms with E-state index in [1.807, 2.05) is 35.0 Å². The summed E-state index contributed by atoms with van der Waals surface area (Å²) < 4.78 is 8.39. The van der Waals surface area contributed by atoms with E-state index in [0.717, 1.165) is 46.0 Å². The standard InChI is InChI=1S/C18H14BrCl2N3O/c1-25-16-5-2-10(19)8-13(16)17-12-6-7-22-18(12)24(23-17)11-3-4-14(20)15(21)9-11/h2-5,8-9,22H,6-7H2,1H3. The molecule has 0 saturated carbocycles. The molecule has 0 radical (unpaired) electrons. The first-order valence-corrected chi connectivity index (χ1v) is 9.28. The molecule has 0 aliphatic carbocycles. The van der Waals surface area contributed by atoms with Crippen molar-refractivity contribution in [2.75, 3.05) is 19.0 Å². The maximum absolute atomic E-state index is 6.19. The van der Waals surface area contributed by atoms with Gasteiger partial charge in [0.2, 0.25) is 0 Å². The number of aromatic nitrogens is 2. The summed E-state index contributed by atoms with van der Waals surface area (Å²) in [4.78, 5) is 0. The molecule has 0 bridgehead atoms. The SMILES string of the molecule is COc1ccc(Br)cc1-c1nn(-c2ccc(Cl)c(Cl)c2)c2c1CCN2. The van der Waals surface area contributed by atoms with E-state index in [9.17, 15) is 0 Å². The summed E-state index contributed by atoms with van der Waals surface area (Å²) in [6, 6.07) is 11.4. The number of benzene rings is 2. The van der Waals surface area contributed by atoms with Crippen molar-refractivity contribution in [1.82, 2.24) is 9.78 Å². The van der Waals surface area contributed by atoms with E-state index >= 15 is 0 Å². The second kappa shape index (κ2) is 6.56. The first-order valence-electron chi connectivity index (χ1n) is 7.73. The Morgan fingerprint density at radius 3 is 2.76 bits per heavy atom. The minimum Gasteiger partial charge on any atom is -0.496 e. The Bertz CT molecular complexity index is 971. The van der Waals surface area contributed by atoms with E-state index in [4.69, 9.17) is 33.0 Å². The molecule has 0 saturated heterocycles. The van der Waals surface area contributed by atoms with Gasteiger partial charge in [0, 0.05) is 22.1 Å². The number of hydrogen-bond donors (Lipinski definition) is 1. The molecule has 4 nitrogen and oxygen atoms in total. The van der Waals surface area contributed by atoms with E-state index in [1.165, 1.54) is 5.56 Å². The van der Waals surface area contributed by atoms with Crippen LogP contribution in [0.3, 0.4) is 0 Å². The maximum Gasteiger partial charge on any atom is 0.133 e. The van der Waals surface area contributed by atoms with E-state index in [-0.39, 0.29) is 0 Å². The van der Waals surface area contributed by atoms with E-state index in [2.05, 4.69) is 21.2 Å². The predicted octanol–water partition coefficient (Wildman–Crippen LogP) is 5.59. The molecule has 128 valence electrons. The zero-order chi connectivity index (χ0) is 17.6. The molecule has 25 heavy (non-hydrogen) atoms. The van der Waals surface area contributed by atoms with Gasteiger partial charge in [0.25, 0.3) is 0 Å². The molecule has 1 aromatic heterocycles. The summed E-state index contributed by atoms with van der Waals surface area (Å²) in [7, 11) is 1.67. The van der Waals surface area contributed by atoms with E-state index in [0.29, 0.717) is 10.0 Å². The highest BCUT2D eigenvalue weighted by atomic mass is 79.9. The summed E-state index contributed by atoms with van der Waals surface area (Å²) in [6.45, 7) is 0.873. The van der Waals surface area contributed by atoms with Gasteiger partial charge in [0.15, 0.2) is 0 Å². The zero-order valence-corrected chi connectivity index (χ0v) is 16.4. The van der Waals surface area contributed by atoms with Gasteiger partial charge in [0.1, 0.15) is 17.3 Å². The Labute approximate surface area is 163 Å². The minimum absolute atomic E-state index is 0.503. The normalized spacial score (nSPS) is 12.8. The molecule has 0 amide bonds. The highest BCUT2D eigenvalue weighted by molar-refractivity contribution is 9.10. The third-order valence-electron chi connectivity index (χ3n) is 4.22. The van der Waals surface area contributed by atoms with Gasteiger partial charge in [-0.3, -0.25) is 0 Å². The number of rotatable bonds is 3. The van der Waals surface area contributed by atoms with E-state index in [1.54, 1.807) is 13.2 Å². The minimum atomic E-state index is 0.503. The van der Waals surface area contributed by atoms with Crippen molar-refractivity contribution in [2.24, 2.45) is 0 Å². The number of nitrogens with one attached hydrogen (secondary N) is 1. The van der Waals surface area contributed by atoms with Crippen molar-refractivity contribution in [3.05, 3.63) is 56.5 Å². The molecule has 0 unspecified atom stereocenters. The second-order valence-electron chi connectivity index (χ2n) is 5.71. The molecule has 4 rings (SSSR count). The highest BCUT2D eigenvalue weighted by Crippen LogP contribution is 2.40. The quantitative estimate of drug-likeness (QED) is 0.579. The van der Waals surface area contributed by atoms with Crippen molar-refractivity contribution in [3.63, 3.8) is 0 Å². The Hall–Kier alpha value is -1.69. The summed E-state index contributed by atoms with van der Waals surface area (Å²) in [5, 5.41) is 9.29. The first kappa shape index (κ1) is 16.8. The summed E-state index contributed by atoms with van der Waals surface area (Å²) in [5.41, 5.74) is 3.89. The Kier molecular flexibility index (Phi) is 4.40. The van der Waals surface area contributed by atoms with Crippen LogP contribution in [0.5, 0.6) is 5.75 Å².